The zero-order valence-electron chi connectivity index (χ0n) is 11.0. The van der Waals surface area contributed by atoms with Crippen molar-refractivity contribution in [1.82, 2.24) is 0 Å². The normalized spacial score (nSPS) is 26.4. The maximum Gasteiger partial charge on any atom is 0.229 e. The van der Waals surface area contributed by atoms with Crippen molar-refractivity contribution < 1.29 is 4.79 Å². The first kappa shape index (κ1) is 16.3. The number of carbonyl (C=O) groups is 1. The smallest absolute Gasteiger partial charge is 0.229 e. The molecule has 3 nitrogen and oxygen atoms in total. The fourth-order valence-electron chi connectivity index (χ4n) is 2.57. The SMILES string of the molecule is CC1(N)CCCCC1C(=O)Nc1ccccc1Cl.Cl. The number of benzene rings is 1. The van der Waals surface area contributed by atoms with Crippen LogP contribution in [-0.2, 0) is 4.79 Å². The molecule has 3 N–H and O–H groups in total. The molecule has 0 heterocycles. The average Bonchev–Trinajstić information content (AvgIpc) is 2.31. The highest BCUT2D eigenvalue weighted by Crippen LogP contribution is 2.33. The minimum Gasteiger partial charge on any atom is -0.325 e. The highest BCUT2D eigenvalue weighted by molar-refractivity contribution is 6.33. The van der Waals surface area contributed by atoms with Crippen LogP contribution in [0.5, 0.6) is 0 Å². The fraction of sp³-hybridized carbons (Fsp3) is 0.500. The molecule has 106 valence electrons. The molecule has 2 rings (SSSR count). The summed E-state index contributed by atoms with van der Waals surface area (Å²) in [6.07, 6.45) is 3.91. The Labute approximate surface area is 125 Å². The van der Waals surface area contributed by atoms with E-state index in [0.29, 0.717) is 10.7 Å². The Balaban J connectivity index is 0.00000180. The third-order valence-corrected chi connectivity index (χ3v) is 4.03. The maximum absolute atomic E-state index is 12.3. The van der Waals surface area contributed by atoms with Crippen LogP contribution in [0.1, 0.15) is 32.6 Å². The molecule has 0 radical (unpaired) electrons. The topological polar surface area (TPSA) is 55.1 Å². The van der Waals surface area contributed by atoms with Crippen LogP contribution in [0, 0.1) is 5.92 Å². The molecular formula is C14H20Cl2N2O. The predicted octanol–water partition coefficient (Wildman–Crippen LogP) is 3.61. The van der Waals surface area contributed by atoms with Gasteiger partial charge in [0.15, 0.2) is 0 Å². The van der Waals surface area contributed by atoms with Crippen molar-refractivity contribution in [3.8, 4) is 0 Å². The molecule has 0 saturated heterocycles. The van der Waals surface area contributed by atoms with Crippen molar-refractivity contribution >= 4 is 35.6 Å². The van der Waals surface area contributed by atoms with Crippen LogP contribution < -0.4 is 11.1 Å². The van der Waals surface area contributed by atoms with E-state index in [1.54, 1.807) is 12.1 Å². The van der Waals surface area contributed by atoms with Gasteiger partial charge >= 0.3 is 0 Å². The molecule has 1 amide bonds. The van der Waals surface area contributed by atoms with Gasteiger partial charge in [0.2, 0.25) is 5.91 Å². The van der Waals surface area contributed by atoms with Crippen LogP contribution in [0.25, 0.3) is 0 Å². The number of nitrogens with one attached hydrogen (secondary N) is 1. The second-order valence-corrected chi connectivity index (χ2v) is 5.68. The van der Waals surface area contributed by atoms with Crippen LogP contribution in [-0.4, -0.2) is 11.4 Å². The van der Waals surface area contributed by atoms with E-state index in [1.165, 1.54) is 0 Å². The molecule has 1 aliphatic carbocycles. The van der Waals surface area contributed by atoms with Gasteiger partial charge in [0.1, 0.15) is 0 Å². The van der Waals surface area contributed by atoms with E-state index in [0.717, 1.165) is 25.7 Å². The first-order valence-electron chi connectivity index (χ1n) is 6.35. The van der Waals surface area contributed by atoms with Crippen LogP contribution in [0.3, 0.4) is 0 Å². The molecule has 0 aromatic heterocycles. The van der Waals surface area contributed by atoms with Crippen LogP contribution in [0.2, 0.25) is 5.02 Å². The quantitative estimate of drug-likeness (QED) is 0.877. The van der Waals surface area contributed by atoms with Crippen molar-refractivity contribution in [2.45, 2.75) is 38.1 Å². The number of carbonyl (C=O) groups excluding carboxylic acids is 1. The lowest BCUT2D eigenvalue weighted by atomic mass is 9.74. The molecule has 1 aromatic rings. The summed E-state index contributed by atoms with van der Waals surface area (Å²) in [6, 6.07) is 7.26. The second kappa shape index (κ2) is 6.60. The molecule has 1 fully saturated rings. The van der Waals surface area contributed by atoms with Crippen LogP contribution >= 0.6 is 24.0 Å². The molecule has 19 heavy (non-hydrogen) atoms. The van der Waals surface area contributed by atoms with E-state index in [9.17, 15) is 4.79 Å². The fourth-order valence-corrected chi connectivity index (χ4v) is 2.75. The van der Waals surface area contributed by atoms with Gasteiger partial charge in [-0.25, -0.2) is 0 Å². The Morgan fingerprint density at radius 2 is 2.11 bits per heavy atom. The Kier molecular flexibility index (Phi) is 5.65. The van der Waals surface area contributed by atoms with E-state index in [2.05, 4.69) is 5.32 Å². The van der Waals surface area contributed by atoms with Gasteiger partial charge in [-0.05, 0) is 31.9 Å². The van der Waals surface area contributed by atoms with E-state index in [-0.39, 0.29) is 24.2 Å². The third-order valence-electron chi connectivity index (χ3n) is 3.70. The van der Waals surface area contributed by atoms with Gasteiger partial charge in [-0.15, -0.1) is 12.4 Å². The highest BCUT2D eigenvalue weighted by Gasteiger charge is 2.37. The lowest BCUT2D eigenvalue weighted by Gasteiger charge is -2.37. The number of anilines is 1. The van der Waals surface area contributed by atoms with Crippen molar-refractivity contribution in [3.63, 3.8) is 0 Å². The first-order valence-corrected chi connectivity index (χ1v) is 6.73. The zero-order valence-corrected chi connectivity index (χ0v) is 12.6. The van der Waals surface area contributed by atoms with Gasteiger partial charge in [0, 0.05) is 5.54 Å². The summed E-state index contributed by atoms with van der Waals surface area (Å²) in [5, 5.41) is 3.44. The Morgan fingerprint density at radius 1 is 1.42 bits per heavy atom. The second-order valence-electron chi connectivity index (χ2n) is 5.27. The summed E-state index contributed by atoms with van der Waals surface area (Å²) in [6.45, 7) is 1.96. The summed E-state index contributed by atoms with van der Waals surface area (Å²) in [5.74, 6) is -0.157. The minimum absolute atomic E-state index is 0. The Bertz CT molecular complexity index is 449. The van der Waals surface area contributed by atoms with E-state index in [4.69, 9.17) is 17.3 Å². The lowest BCUT2D eigenvalue weighted by Crippen LogP contribution is -2.51. The zero-order chi connectivity index (χ0) is 13.2. The number of nitrogens with two attached hydrogens (primary N) is 1. The molecule has 2 atom stereocenters. The largest absolute Gasteiger partial charge is 0.325 e. The van der Waals surface area contributed by atoms with Gasteiger partial charge in [0.05, 0.1) is 16.6 Å². The van der Waals surface area contributed by atoms with Gasteiger partial charge in [0.25, 0.3) is 0 Å². The van der Waals surface area contributed by atoms with Gasteiger partial charge < -0.3 is 11.1 Å². The van der Waals surface area contributed by atoms with Crippen LogP contribution in [0.15, 0.2) is 24.3 Å². The van der Waals surface area contributed by atoms with E-state index >= 15 is 0 Å². The Hall–Kier alpha value is -0.770. The van der Waals surface area contributed by atoms with Crippen molar-refractivity contribution in [1.29, 1.82) is 0 Å². The molecule has 0 aliphatic heterocycles. The average molecular weight is 303 g/mol. The number of para-hydroxylation sites is 1. The van der Waals surface area contributed by atoms with E-state index in [1.807, 2.05) is 19.1 Å². The monoisotopic (exact) mass is 302 g/mol. The van der Waals surface area contributed by atoms with Gasteiger partial charge in [-0.2, -0.15) is 0 Å². The molecule has 1 saturated carbocycles. The minimum atomic E-state index is -0.413. The molecule has 5 heteroatoms. The van der Waals surface area contributed by atoms with Crippen molar-refractivity contribution in [3.05, 3.63) is 29.3 Å². The number of amides is 1. The molecule has 0 bridgehead atoms. The molecule has 1 aliphatic rings. The number of hydrogen-bond donors (Lipinski definition) is 2. The summed E-state index contributed by atoms with van der Waals surface area (Å²) in [7, 11) is 0. The summed E-state index contributed by atoms with van der Waals surface area (Å²) in [5.41, 5.74) is 6.47. The van der Waals surface area contributed by atoms with Crippen molar-refractivity contribution in [2.24, 2.45) is 11.7 Å². The summed E-state index contributed by atoms with van der Waals surface area (Å²) >= 11 is 6.03. The molecule has 2 unspecified atom stereocenters. The molecule has 0 spiro atoms. The molecule has 1 aromatic carbocycles. The number of hydrogen-bond acceptors (Lipinski definition) is 2. The van der Waals surface area contributed by atoms with E-state index < -0.39 is 5.54 Å². The summed E-state index contributed by atoms with van der Waals surface area (Å²) < 4.78 is 0. The molecular weight excluding hydrogens is 283 g/mol. The number of halogens is 2. The highest BCUT2D eigenvalue weighted by atomic mass is 35.5. The van der Waals surface area contributed by atoms with Gasteiger partial charge in [-0.1, -0.05) is 36.6 Å². The number of rotatable bonds is 2. The third kappa shape index (κ3) is 3.85. The van der Waals surface area contributed by atoms with Crippen molar-refractivity contribution in [2.75, 3.05) is 5.32 Å². The Morgan fingerprint density at radius 3 is 2.74 bits per heavy atom. The predicted molar refractivity (Wildman–Crippen MR) is 81.9 cm³/mol. The first-order chi connectivity index (χ1) is 8.50. The van der Waals surface area contributed by atoms with Gasteiger partial charge in [-0.3, -0.25) is 4.79 Å². The maximum atomic E-state index is 12.3. The lowest BCUT2D eigenvalue weighted by molar-refractivity contribution is -0.122. The standard InChI is InChI=1S/C14H19ClN2O.ClH/c1-14(16)9-5-4-6-10(14)13(18)17-12-8-3-2-7-11(12)15;/h2-3,7-8,10H,4-6,9,16H2,1H3,(H,17,18);1H. The van der Waals surface area contributed by atoms with Crippen LogP contribution in [0.4, 0.5) is 5.69 Å². The summed E-state index contributed by atoms with van der Waals surface area (Å²) in [4.78, 5) is 12.3.